The lowest BCUT2D eigenvalue weighted by Gasteiger charge is -2.06. The normalized spacial score (nSPS) is 10.4. The number of esters is 1. The van der Waals surface area contributed by atoms with Crippen molar-refractivity contribution in [1.29, 1.82) is 0 Å². The van der Waals surface area contributed by atoms with Gasteiger partial charge in [-0.2, -0.15) is 0 Å². The standard InChI is InChI=1S/C19H16FN3O5S/c1-26-18(25)12-5-4-6-13(9-12)21-16(24)11-29-19-23-22-17(28-19)10-27-15-8-3-2-7-14(15)20/h2-9H,10-11H2,1H3,(H,21,24). The van der Waals surface area contributed by atoms with Gasteiger partial charge in [-0.3, -0.25) is 4.79 Å². The molecule has 8 nitrogen and oxygen atoms in total. The van der Waals surface area contributed by atoms with E-state index in [0.717, 1.165) is 11.8 Å². The second kappa shape index (κ2) is 9.69. The molecule has 0 aliphatic carbocycles. The summed E-state index contributed by atoms with van der Waals surface area (Å²) in [6.07, 6.45) is 0. The lowest BCUT2D eigenvalue weighted by Crippen LogP contribution is -2.14. The van der Waals surface area contributed by atoms with E-state index in [-0.39, 0.29) is 35.1 Å². The molecule has 0 aliphatic heterocycles. The SMILES string of the molecule is COC(=O)c1cccc(NC(=O)CSc2nnc(COc3ccccc3F)o2)c1. The van der Waals surface area contributed by atoms with Crippen LogP contribution in [0, 0.1) is 5.82 Å². The Morgan fingerprint density at radius 1 is 1.17 bits per heavy atom. The molecule has 0 radical (unpaired) electrons. The van der Waals surface area contributed by atoms with Gasteiger partial charge >= 0.3 is 5.97 Å². The molecule has 0 saturated heterocycles. The lowest BCUT2D eigenvalue weighted by molar-refractivity contribution is -0.113. The number of hydrogen-bond donors (Lipinski definition) is 1. The number of carbonyl (C=O) groups excluding carboxylic acids is 2. The molecule has 1 amide bonds. The van der Waals surface area contributed by atoms with Crippen LogP contribution in [0.15, 0.2) is 58.2 Å². The molecule has 1 heterocycles. The van der Waals surface area contributed by atoms with Crippen LogP contribution in [-0.4, -0.2) is 34.9 Å². The summed E-state index contributed by atoms with van der Waals surface area (Å²) in [5, 5.41) is 10.4. The lowest BCUT2D eigenvalue weighted by atomic mass is 10.2. The average Bonchev–Trinajstić information content (AvgIpc) is 3.19. The molecule has 0 unspecified atom stereocenters. The van der Waals surface area contributed by atoms with Crippen LogP contribution in [0.25, 0.3) is 0 Å². The molecule has 0 fully saturated rings. The predicted octanol–water partition coefficient (Wildman–Crippen LogP) is 3.31. The number of anilines is 1. The van der Waals surface area contributed by atoms with E-state index < -0.39 is 11.8 Å². The first-order chi connectivity index (χ1) is 14.0. The number of hydrogen-bond acceptors (Lipinski definition) is 8. The zero-order valence-electron chi connectivity index (χ0n) is 15.3. The summed E-state index contributed by atoms with van der Waals surface area (Å²) in [7, 11) is 1.28. The van der Waals surface area contributed by atoms with Crippen molar-refractivity contribution >= 4 is 29.3 Å². The van der Waals surface area contributed by atoms with Crippen molar-refractivity contribution in [1.82, 2.24) is 10.2 Å². The molecule has 0 saturated carbocycles. The van der Waals surface area contributed by atoms with Crippen molar-refractivity contribution in [2.24, 2.45) is 0 Å². The zero-order valence-corrected chi connectivity index (χ0v) is 16.1. The topological polar surface area (TPSA) is 104 Å². The molecule has 0 atom stereocenters. The van der Waals surface area contributed by atoms with Crippen LogP contribution in [0.5, 0.6) is 5.75 Å². The number of amides is 1. The Labute approximate surface area is 169 Å². The first-order valence-electron chi connectivity index (χ1n) is 8.36. The Kier molecular flexibility index (Phi) is 6.80. The maximum Gasteiger partial charge on any atom is 0.337 e. The largest absolute Gasteiger partial charge is 0.481 e. The third kappa shape index (κ3) is 5.79. The molecule has 0 aliphatic rings. The Morgan fingerprint density at radius 3 is 2.79 bits per heavy atom. The second-order valence-electron chi connectivity index (χ2n) is 5.59. The molecule has 2 aromatic carbocycles. The Bertz CT molecular complexity index is 1010. The van der Waals surface area contributed by atoms with Gasteiger partial charge in [-0.15, -0.1) is 10.2 Å². The van der Waals surface area contributed by atoms with E-state index in [4.69, 9.17) is 9.15 Å². The number of aromatic nitrogens is 2. The van der Waals surface area contributed by atoms with E-state index in [1.807, 2.05) is 0 Å². The van der Waals surface area contributed by atoms with Crippen LogP contribution in [0.1, 0.15) is 16.2 Å². The number of halogens is 1. The summed E-state index contributed by atoms with van der Waals surface area (Å²) in [5.41, 5.74) is 0.789. The van der Waals surface area contributed by atoms with Gasteiger partial charge in [0.15, 0.2) is 18.2 Å². The quantitative estimate of drug-likeness (QED) is 0.440. The van der Waals surface area contributed by atoms with Gasteiger partial charge in [-0.05, 0) is 30.3 Å². The molecule has 0 spiro atoms. The Hall–Kier alpha value is -3.40. The van der Waals surface area contributed by atoms with Gasteiger partial charge in [0.1, 0.15) is 0 Å². The van der Waals surface area contributed by atoms with Crippen LogP contribution in [-0.2, 0) is 16.1 Å². The maximum atomic E-state index is 13.5. The summed E-state index contributed by atoms with van der Waals surface area (Å²) in [6.45, 7) is -0.0962. The smallest absolute Gasteiger partial charge is 0.337 e. The molecule has 1 aromatic heterocycles. The summed E-state index contributed by atoms with van der Waals surface area (Å²) < 4.78 is 28.8. The van der Waals surface area contributed by atoms with E-state index in [0.29, 0.717) is 11.3 Å². The number of benzene rings is 2. The van der Waals surface area contributed by atoms with Gasteiger partial charge in [0.2, 0.25) is 5.91 Å². The summed E-state index contributed by atoms with van der Waals surface area (Å²) in [5.74, 6) is -1.06. The van der Waals surface area contributed by atoms with Crippen molar-refractivity contribution in [3.8, 4) is 5.75 Å². The Balaban J connectivity index is 1.48. The van der Waals surface area contributed by atoms with Gasteiger partial charge in [0.05, 0.1) is 18.4 Å². The van der Waals surface area contributed by atoms with E-state index in [1.54, 1.807) is 30.3 Å². The van der Waals surface area contributed by atoms with Crippen molar-refractivity contribution < 1.29 is 27.9 Å². The highest BCUT2D eigenvalue weighted by Gasteiger charge is 2.12. The molecule has 10 heteroatoms. The molecular formula is C19H16FN3O5S. The summed E-state index contributed by atoms with van der Waals surface area (Å²) in [6, 6.07) is 12.4. The second-order valence-corrected chi connectivity index (χ2v) is 6.52. The summed E-state index contributed by atoms with van der Waals surface area (Å²) in [4.78, 5) is 23.6. The first-order valence-corrected chi connectivity index (χ1v) is 9.34. The van der Waals surface area contributed by atoms with Crippen molar-refractivity contribution in [2.75, 3.05) is 18.2 Å². The third-order valence-corrected chi connectivity index (χ3v) is 4.35. The van der Waals surface area contributed by atoms with Crippen molar-refractivity contribution in [2.45, 2.75) is 11.8 Å². The molecular weight excluding hydrogens is 401 g/mol. The first kappa shape index (κ1) is 20.3. The monoisotopic (exact) mass is 417 g/mol. The Morgan fingerprint density at radius 2 is 2.00 bits per heavy atom. The fraction of sp³-hybridized carbons (Fsp3) is 0.158. The highest BCUT2D eigenvalue weighted by molar-refractivity contribution is 7.99. The van der Waals surface area contributed by atoms with E-state index in [1.165, 1.54) is 25.3 Å². The molecule has 3 aromatic rings. The maximum absolute atomic E-state index is 13.5. The molecule has 0 bridgehead atoms. The highest BCUT2D eigenvalue weighted by Crippen LogP contribution is 2.20. The number of ether oxygens (including phenoxy) is 2. The van der Waals surface area contributed by atoms with Crippen molar-refractivity contribution in [3.05, 3.63) is 65.8 Å². The average molecular weight is 417 g/mol. The van der Waals surface area contributed by atoms with Crippen LogP contribution in [0.2, 0.25) is 0 Å². The molecule has 3 rings (SSSR count). The zero-order chi connectivity index (χ0) is 20.6. The van der Waals surface area contributed by atoms with Crippen LogP contribution >= 0.6 is 11.8 Å². The van der Waals surface area contributed by atoms with Gasteiger partial charge in [0, 0.05) is 5.69 Å². The van der Waals surface area contributed by atoms with Gasteiger partial charge < -0.3 is 19.2 Å². The predicted molar refractivity (Wildman–Crippen MR) is 102 cm³/mol. The van der Waals surface area contributed by atoms with Gasteiger partial charge in [-0.25, -0.2) is 9.18 Å². The van der Waals surface area contributed by atoms with Crippen molar-refractivity contribution in [3.63, 3.8) is 0 Å². The van der Waals surface area contributed by atoms with Crippen LogP contribution in [0.4, 0.5) is 10.1 Å². The number of nitrogens with one attached hydrogen (secondary N) is 1. The minimum Gasteiger partial charge on any atom is -0.481 e. The van der Waals surface area contributed by atoms with E-state index in [9.17, 15) is 14.0 Å². The number of para-hydroxylation sites is 1. The minimum absolute atomic E-state index is 0.0122. The van der Waals surface area contributed by atoms with Gasteiger partial charge in [0.25, 0.3) is 11.1 Å². The van der Waals surface area contributed by atoms with E-state index >= 15 is 0 Å². The third-order valence-electron chi connectivity index (χ3n) is 3.53. The van der Waals surface area contributed by atoms with Crippen LogP contribution in [0.3, 0.4) is 0 Å². The number of rotatable bonds is 8. The minimum atomic E-state index is -0.494. The number of thioether (sulfide) groups is 1. The number of nitrogens with zero attached hydrogens (tertiary/aromatic N) is 2. The van der Waals surface area contributed by atoms with Crippen LogP contribution < -0.4 is 10.1 Å². The molecule has 29 heavy (non-hydrogen) atoms. The number of methoxy groups -OCH3 is 1. The van der Waals surface area contributed by atoms with Gasteiger partial charge in [-0.1, -0.05) is 30.0 Å². The fourth-order valence-corrected chi connectivity index (χ4v) is 2.80. The molecule has 1 N–H and O–H groups in total. The summed E-state index contributed by atoms with van der Waals surface area (Å²) >= 11 is 1.03. The number of carbonyl (C=O) groups is 2. The highest BCUT2D eigenvalue weighted by atomic mass is 32.2. The van der Waals surface area contributed by atoms with E-state index in [2.05, 4.69) is 20.3 Å². The molecule has 150 valence electrons. The fourth-order valence-electron chi connectivity index (χ4n) is 2.22.